The summed E-state index contributed by atoms with van der Waals surface area (Å²) in [5.74, 6) is 0.824. The van der Waals surface area contributed by atoms with Gasteiger partial charge in [-0.2, -0.15) is 15.3 Å². The van der Waals surface area contributed by atoms with Crippen LogP contribution in [0.1, 0.15) is 61.5 Å². The average molecular weight is 712 g/mol. The van der Waals surface area contributed by atoms with Gasteiger partial charge in [-0.05, 0) is 69.8 Å². The van der Waals surface area contributed by atoms with Gasteiger partial charge in [0, 0.05) is 38.3 Å². The lowest BCUT2D eigenvalue weighted by molar-refractivity contribution is -0.134. The molecule has 2 atom stereocenters. The highest BCUT2D eigenvalue weighted by molar-refractivity contribution is 6.32. The zero-order valence-electron chi connectivity index (χ0n) is 28.5. The Morgan fingerprint density at radius 2 is 1.82 bits per heavy atom. The molecule has 0 spiro atoms. The Morgan fingerprint density at radius 1 is 1.04 bits per heavy atom. The molecule has 17 heteroatoms. The Balaban J connectivity index is 1.01. The van der Waals surface area contributed by atoms with Crippen molar-refractivity contribution in [2.45, 2.75) is 51.5 Å². The lowest BCUT2D eigenvalue weighted by Gasteiger charge is -2.36. The molecule has 5 aromatic heterocycles. The van der Waals surface area contributed by atoms with Crippen molar-refractivity contribution in [3.63, 3.8) is 0 Å². The van der Waals surface area contributed by atoms with Gasteiger partial charge >= 0.3 is 6.03 Å². The number of urea groups is 1. The Morgan fingerprint density at radius 3 is 2.57 bits per heavy atom. The maximum Gasteiger partial charge on any atom is 0.323 e. The van der Waals surface area contributed by atoms with Crippen molar-refractivity contribution in [1.29, 1.82) is 0 Å². The van der Waals surface area contributed by atoms with E-state index in [0.29, 0.717) is 41.6 Å². The molecule has 2 aliphatic heterocycles. The van der Waals surface area contributed by atoms with Crippen molar-refractivity contribution in [3.8, 4) is 5.82 Å². The SMILES string of the molecule is Cc1cc2ncc(NC(=O)Nc3cnc(-n4nccn4)c(Cl)c3)c([C@@H](C)N(C)CC3CCN(c4cc(C5CCC(=O)NC5=O)ccn4)CC3)n2n1. The molecule has 0 aliphatic carbocycles. The molecule has 51 heavy (non-hydrogen) atoms. The number of halogens is 1. The van der Waals surface area contributed by atoms with Crippen molar-refractivity contribution in [1.82, 2.24) is 49.8 Å². The second kappa shape index (κ2) is 14.4. The maximum atomic E-state index is 13.3. The minimum Gasteiger partial charge on any atom is -0.357 e. The minimum absolute atomic E-state index is 0.132. The summed E-state index contributed by atoms with van der Waals surface area (Å²) in [7, 11) is 2.08. The third-order valence-electron chi connectivity index (χ3n) is 9.53. The van der Waals surface area contributed by atoms with Crippen LogP contribution in [-0.4, -0.2) is 89.0 Å². The number of amides is 4. The number of aryl methyl sites for hydroxylation is 1. The summed E-state index contributed by atoms with van der Waals surface area (Å²) in [5, 5.41) is 21.3. The largest absolute Gasteiger partial charge is 0.357 e. The fourth-order valence-electron chi connectivity index (χ4n) is 6.77. The number of hydrogen-bond donors (Lipinski definition) is 3. The van der Waals surface area contributed by atoms with E-state index in [-0.39, 0.29) is 28.8 Å². The van der Waals surface area contributed by atoms with E-state index < -0.39 is 6.03 Å². The molecule has 3 N–H and O–H groups in total. The highest BCUT2D eigenvalue weighted by atomic mass is 35.5. The first-order valence-corrected chi connectivity index (χ1v) is 17.2. The summed E-state index contributed by atoms with van der Waals surface area (Å²) in [5.41, 5.74) is 4.11. The van der Waals surface area contributed by atoms with Gasteiger partial charge in [-0.1, -0.05) is 11.6 Å². The summed E-state index contributed by atoms with van der Waals surface area (Å²) in [6.45, 7) is 6.51. The van der Waals surface area contributed by atoms with Crippen LogP contribution in [0.2, 0.25) is 5.02 Å². The third-order valence-corrected chi connectivity index (χ3v) is 9.81. The van der Waals surface area contributed by atoms with Gasteiger partial charge in [-0.3, -0.25) is 19.8 Å². The number of pyridine rings is 2. The first-order chi connectivity index (χ1) is 24.6. The van der Waals surface area contributed by atoms with E-state index in [0.717, 1.165) is 55.2 Å². The zero-order valence-corrected chi connectivity index (χ0v) is 29.2. The lowest BCUT2D eigenvalue weighted by Crippen LogP contribution is -2.40. The molecule has 0 saturated carbocycles. The Bertz CT molecular complexity index is 2080. The lowest BCUT2D eigenvalue weighted by atomic mass is 9.91. The van der Waals surface area contributed by atoms with Gasteiger partial charge in [0.2, 0.25) is 11.8 Å². The Labute approximate surface area is 298 Å². The van der Waals surface area contributed by atoms with E-state index in [9.17, 15) is 14.4 Å². The van der Waals surface area contributed by atoms with Gasteiger partial charge in [0.1, 0.15) is 5.82 Å². The molecule has 4 amide bonds. The molecule has 2 fully saturated rings. The van der Waals surface area contributed by atoms with E-state index >= 15 is 0 Å². The number of carbonyl (C=O) groups is 3. The molecule has 0 radical (unpaired) electrons. The molecule has 264 valence electrons. The minimum atomic E-state index is -0.485. The van der Waals surface area contributed by atoms with Gasteiger partial charge in [0.25, 0.3) is 0 Å². The quantitative estimate of drug-likeness (QED) is 0.187. The normalized spacial score (nSPS) is 17.5. The number of anilines is 3. The van der Waals surface area contributed by atoms with E-state index in [1.807, 2.05) is 25.1 Å². The molecule has 1 unspecified atom stereocenters. The third kappa shape index (κ3) is 7.37. The van der Waals surface area contributed by atoms with Crippen LogP contribution in [0.3, 0.4) is 0 Å². The number of hydrogen-bond acceptors (Lipinski definition) is 11. The number of nitrogens with one attached hydrogen (secondary N) is 3. The average Bonchev–Trinajstić information content (AvgIpc) is 3.78. The Hall–Kier alpha value is -5.48. The molecule has 2 aliphatic rings. The number of carbonyl (C=O) groups excluding carboxylic acids is 3. The van der Waals surface area contributed by atoms with Crippen LogP contribution >= 0.6 is 11.6 Å². The predicted molar refractivity (Wildman–Crippen MR) is 190 cm³/mol. The van der Waals surface area contributed by atoms with Gasteiger partial charge in [0.05, 0.1) is 64.5 Å². The molecule has 5 aromatic rings. The van der Waals surface area contributed by atoms with Crippen LogP contribution in [0.15, 0.2) is 55.2 Å². The van der Waals surface area contributed by atoms with E-state index in [4.69, 9.17) is 16.7 Å². The van der Waals surface area contributed by atoms with Crippen molar-refractivity contribution >= 4 is 52.3 Å². The highest BCUT2D eigenvalue weighted by Crippen LogP contribution is 2.32. The summed E-state index contributed by atoms with van der Waals surface area (Å²) in [6.07, 6.45) is 10.7. The summed E-state index contributed by atoms with van der Waals surface area (Å²) in [6, 6.07) is 6.72. The van der Waals surface area contributed by atoms with Gasteiger partial charge in [-0.15, -0.1) is 4.80 Å². The number of nitrogens with zero attached hydrogens (tertiary/aromatic N) is 10. The molecule has 2 saturated heterocycles. The highest BCUT2D eigenvalue weighted by Gasteiger charge is 2.30. The van der Waals surface area contributed by atoms with Crippen LogP contribution in [0.4, 0.5) is 22.0 Å². The molecule has 7 heterocycles. The second-order valence-corrected chi connectivity index (χ2v) is 13.4. The van der Waals surface area contributed by atoms with E-state index in [2.05, 4.69) is 64.9 Å². The molecular weight excluding hydrogens is 674 g/mol. The van der Waals surface area contributed by atoms with Gasteiger partial charge < -0.3 is 15.5 Å². The molecule has 16 nitrogen and oxygen atoms in total. The topological polar surface area (TPSA) is 180 Å². The first-order valence-electron chi connectivity index (χ1n) is 16.8. The fraction of sp³-hybridized carbons (Fsp3) is 0.382. The van der Waals surface area contributed by atoms with E-state index in [1.54, 1.807) is 23.0 Å². The van der Waals surface area contributed by atoms with Crippen LogP contribution < -0.4 is 20.9 Å². The number of piperidine rings is 2. The van der Waals surface area contributed by atoms with Crippen LogP contribution in [-0.2, 0) is 9.59 Å². The fourth-order valence-corrected chi connectivity index (χ4v) is 7.02. The number of aromatic nitrogens is 8. The zero-order chi connectivity index (χ0) is 35.6. The summed E-state index contributed by atoms with van der Waals surface area (Å²) < 4.78 is 1.79. The van der Waals surface area contributed by atoms with Crippen LogP contribution in [0, 0.1) is 12.8 Å². The number of rotatable bonds is 9. The number of fused-ring (bicyclic) bond motifs is 1. The smallest absolute Gasteiger partial charge is 0.323 e. The molecule has 7 rings (SSSR count). The summed E-state index contributed by atoms with van der Waals surface area (Å²) in [4.78, 5) is 56.7. The Kier molecular flexibility index (Phi) is 9.60. The van der Waals surface area contributed by atoms with Crippen molar-refractivity contribution in [2.75, 3.05) is 42.2 Å². The maximum absolute atomic E-state index is 13.3. The van der Waals surface area contributed by atoms with Gasteiger partial charge in [0.15, 0.2) is 11.5 Å². The van der Waals surface area contributed by atoms with Crippen molar-refractivity contribution in [3.05, 3.63) is 77.2 Å². The second-order valence-electron chi connectivity index (χ2n) is 13.0. The first kappa shape index (κ1) is 34.0. The molecule has 0 aromatic carbocycles. The summed E-state index contributed by atoms with van der Waals surface area (Å²) >= 11 is 6.41. The molecule has 0 bridgehead atoms. The predicted octanol–water partition coefficient (Wildman–Crippen LogP) is 4.14. The number of imide groups is 1. The van der Waals surface area contributed by atoms with Crippen LogP contribution in [0.5, 0.6) is 0 Å². The van der Waals surface area contributed by atoms with Crippen molar-refractivity contribution < 1.29 is 14.4 Å². The van der Waals surface area contributed by atoms with Crippen molar-refractivity contribution in [2.24, 2.45) is 5.92 Å². The van der Waals surface area contributed by atoms with Crippen LogP contribution in [0.25, 0.3) is 11.5 Å². The van der Waals surface area contributed by atoms with Gasteiger partial charge in [-0.25, -0.2) is 24.3 Å². The standard InChI is InChI=1S/C34H38ClN13O3/c1-20-14-29-37-18-27(42-34(51)41-24-16-26(35)32(38-17-24)48-39-10-11-40-48)31(47(29)44-20)21(2)45(3)19-22-7-12-46(13-8-22)28-15-23(6-9-36-28)25-4-5-30(49)43-33(25)50/h6,9-11,14-18,21-22,25H,4-5,7-8,12-13,19H2,1-3H3,(H2,41,42,51)(H,43,49,50)/t21-,25?/m1/s1. The monoisotopic (exact) mass is 711 g/mol. The molecular formula is C34H38ClN13O3. The van der Waals surface area contributed by atoms with E-state index in [1.165, 1.54) is 23.4 Å².